The van der Waals surface area contributed by atoms with Crippen LogP contribution in [0.3, 0.4) is 0 Å². The maximum atomic E-state index is 12.3. The van der Waals surface area contributed by atoms with Gasteiger partial charge >= 0.3 is 29.6 Å². The van der Waals surface area contributed by atoms with Crippen LogP contribution in [0.25, 0.3) is 0 Å². The van der Waals surface area contributed by atoms with E-state index in [1.165, 1.54) is 16.7 Å². The molecule has 1 unspecified atom stereocenters. The van der Waals surface area contributed by atoms with Crippen molar-refractivity contribution >= 4 is 29.5 Å². The Bertz CT molecular complexity index is 620. The summed E-state index contributed by atoms with van der Waals surface area (Å²) in [7, 11) is 0. The first-order chi connectivity index (χ1) is 10.8. The zero-order valence-electron chi connectivity index (χ0n) is 15.1. The molecule has 9 nitrogen and oxygen atoms in total. The molecule has 0 aromatic heterocycles. The molecule has 2 saturated heterocycles. The van der Waals surface area contributed by atoms with Gasteiger partial charge < -0.3 is 20.1 Å². The van der Waals surface area contributed by atoms with Crippen molar-refractivity contribution in [2.45, 2.75) is 62.9 Å². The van der Waals surface area contributed by atoms with Crippen molar-refractivity contribution in [1.82, 2.24) is 10.2 Å². The first-order valence-corrected chi connectivity index (χ1v) is 8.31. The maximum Gasteiger partial charge on any atom is 1.00 e. The van der Waals surface area contributed by atoms with Crippen LogP contribution in [0.2, 0.25) is 0 Å². The number of carbonyl (C=O) groups is 3. The summed E-state index contributed by atoms with van der Waals surface area (Å²) in [6.45, 7) is 8.05. The van der Waals surface area contributed by atoms with E-state index < -0.39 is 56.4 Å². The van der Waals surface area contributed by atoms with E-state index in [2.05, 4.69) is 5.32 Å². The van der Waals surface area contributed by atoms with Gasteiger partial charge in [0, 0.05) is 15.1 Å². The Morgan fingerprint density at radius 1 is 1.36 bits per heavy atom. The van der Waals surface area contributed by atoms with Crippen LogP contribution in [0, 0.1) is 15.5 Å². The molecule has 2 fully saturated rings. The SMILES string of the molecule is CC(C)(C)C(C(=O)N[C@@H]1C(=O)N2[C@@H]1SC(C)(C)[C@@H]2C(=O)[O-])[N+](=O)[O-].[Na+]. The smallest absolute Gasteiger partial charge is 0.548 e. The number of nitrogens with one attached hydrogen (secondary N) is 1. The van der Waals surface area contributed by atoms with Crippen LogP contribution < -0.4 is 40.0 Å². The van der Waals surface area contributed by atoms with E-state index in [0.29, 0.717) is 0 Å². The molecule has 2 aliphatic heterocycles. The van der Waals surface area contributed by atoms with Crippen molar-refractivity contribution in [2.75, 3.05) is 0 Å². The zero-order valence-corrected chi connectivity index (χ0v) is 17.9. The largest absolute Gasteiger partial charge is 1.00 e. The van der Waals surface area contributed by atoms with Crippen LogP contribution in [0.5, 0.6) is 0 Å². The van der Waals surface area contributed by atoms with Gasteiger partial charge in [-0.1, -0.05) is 20.8 Å². The summed E-state index contributed by atoms with van der Waals surface area (Å²) in [6.07, 6.45) is 0. The summed E-state index contributed by atoms with van der Waals surface area (Å²) in [5, 5.41) is 24.4. The molecule has 0 aromatic rings. The second kappa shape index (κ2) is 7.05. The number of carbonyl (C=O) groups excluding carboxylic acids is 3. The first-order valence-electron chi connectivity index (χ1n) is 7.44. The van der Waals surface area contributed by atoms with Crippen molar-refractivity contribution in [3.63, 3.8) is 0 Å². The van der Waals surface area contributed by atoms with E-state index in [4.69, 9.17) is 0 Å². The fraction of sp³-hybridized carbons (Fsp3) is 0.786. The summed E-state index contributed by atoms with van der Waals surface area (Å²) in [5.41, 5.74) is -0.921. The van der Waals surface area contributed by atoms with Crippen LogP contribution in [0.15, 0.2) is 0 Å². The number of nitro groups is 1. The van der Waals surface area contributed by atoms with Crippen molar-refractivity contribution in [3.8, 4) is 0 Å². The third-order valence-corrected chi connectivity index (χ3v) is 5.81. The zero-order chi connectivity index (χ0) is 18.6. The molecule has 0 spiro atoms. The van der Waals surface area contributed by atoms with Gasteiger partial charge in [-0.15, -0.1) is 11.8 Å². The molecule has 0 aliphatic carbocycles. The summed E-state index contributed by atoms with van der Waals surface area (Å²) in [4.78, 5) is 47.5. The van der Waals surface area contributed by atoms with Crippen molar-refractivity contribution < 1.29 is 54.0 Å². The fourth-order valence-corrected chi connectivity index (χ4v) is 4.78. The number of hydrogen-bond donors (Lipinski definition) is 1. The molecule has 11 heteroatoms. The number of carboxylic acid groups (broad SMARTS) is 1. The quantitative estimate of drug-likeness (QED) is 0.227. The average Bonchev–Trinajstić information content (AvgIpc) is 2.62. The molecule has 1 N–H and O–H groups in total. The number of aliphatic carboxylic acids is 1. The predicted octanol–water partition coefficient (Wildman–Crippen LogP) is -4.02. The summed E-state index contributed by atoms with van der Waals surface area (Å²) < 4.78 is -0.773. The Hall–Kier alpha value is -0.840. The van der Waals surface area contributed by atoms with E-state index in [9.17, 15) is 29.6 Å². The minimum atomic E-state index is -1.50. The number of carboxylic acids is 1. The third-order valence-electron chi connectivity index (χ3n) is 4.24. The molecule has 25 heavy (non-hydrogen) atoms. The number of thioether (sulfide) groups is 1. The van der Waals surface area contributed by atoms with Gasteiger partial charge in [-0.05, 0) is 13.8 Å². The van der Waals surface area contributed by atoms with Crippen LogP contribution in [-0.2, 0) is 14.4 Å². The number of β-lactam (4-membered cyclic amide) rings is 1. The minimum absolute atomic E-state index is 0. The average molecular weight is 381 g/mol. The van der Waals surface area contributed by atoms with Crippen molar-refractivity contribution in [3.05, 3.63) is 10.1 Å². The number of fused-ring (bicyclic) bond motifs is 1. The summed E-state index contributed by atoms with van der Waals surface area (Å²) in [5.74, 6) is -2.76. The third kappa shape index (κ3) is 3.81. The van der Waals surface area contributed by atoms with E-state index in [1.807, 2.05) is 0 Å². The molecule has 2 aliphatic rings. The Labute approximate surface area is 171 Å². The molecule has 2 heterocycles. The van der Waals surface area contributed by atoms with Gasteiger partial charge in [-0.3, -0.25) is 19.7 Å². The number of rotatable bonds is 4. The molecule has 0 radical (unpaired) electrons. The molecule has 4 atom stereocenters. The molecule has 0 saturated carbocycles. The predicted molar refractivity (Wildman–Crippen MR) is 83.3 cm³/mol. The maximum absolute atomic E-state index is 12.3. The topological polar surface area (TPSA) is 133 Å². The van der Waals surface area contributed by atoms with Gasteiger partial charge in [0.2, 0.25) is 5.91 Å². The molecule has 0 bridgehead atoms. The fourth-order valence-electron chi connectivity index (χ4n) is 3.16. The Morgan fingerprint density at radius 2 is 1.88 bits per heavy atom. The van der Waals surface area contributed by atoms with Gasteiger partial charge in [-0.25, -0.2) is 0 Å². The van der Waals surface area contributed by atoms with Gasteiger partial charge in [0.1, 0.15) is 11.4 Å². The van der Waals surface area contributed by atoms with E-state index >= 15 is 0 Å². The van der Waals surface area contributed by atoms with E-state index in [1.54, 1.807) is 34.6 Å². The first kappa shape index (κ1) is 22.2. The van der Waals surface area contributed by atoms with Gasteiger partial charge in [0.15, 0.2) is 0 Å². The molecular formula is C14H20N3NaO6S. The molecule has 0 aromatic carbocycles. The Morgan fingerprint density at radius 3 is 2.28 bits per heavy atom. The van der Waals surface area contributed by atoms with E-state index in [-0.39, 0.29) is 29.6 Å². The normalized spacial score (nSPS) is 28.3. The number of hydrogen-bond acceptors (Lipinski definition) is 7. The van der Waals surface area contributed by atoms with E-state index in [0.717, 1.165) is 0 Å². The van der Waals surface area contributed by atoms with Crippen LogP contribution in [0.1, 0.15) is 34.6 Å². The Balaban J connectivity index is 0.00000312. The van der Waals surface area contributed by atoms with Gasteiger partial charge in [0.25, 0.3) is 11.9 Å². The molecule has 2 rings (SSSR count). The summed E-state index contributed by atoms with van der Waals surface area (Å²) in [6, 6.07) is -3.56. The molecule has 134 valence electrons. The number of amides is 2. The second-order valence-corrected chi connectivity index (χ2v) is 9.39. The standard InChI is InChI=1S/C14H21N3O6S.Na/c1-13(2,3)7(17(22)23)9(18)15-6-10(19)16-8(12(20)21)14(4,5)24-11(6)16;/h6-8,11H,1-5H3,(H,15,18)(H,20,21);/q;+1/p-1/t6-,7?,8+,11-;/m1./s1. The summed E-state index contributed by atoms with van der Waals surface area (Å²) >= 11 is 1.24. The van der Waals surface area contributed by atoms with Crippen LogP contribution in [-0.4, -0.2) is 55.9 Å². The number of nitrogens with zero attached hydrogens (tertiary/aromatic N) is 2. The van der Waals surface area contributed by atoms with Crippen LogP contribution in [0.4, 0.5) is 0 Å². The van der Waals surface area contributed by atoms with Crippen LogP contribution >= 0.6 is 11.8 Å². The van der Waals surface area contributed by atoms with Gasteiger partial charge in [0.05, 0.1) is 12.0 Å². The minimum Gasteiger partial charge on any atom is -0.548 e. The molecular weight excluding hydrogens is 361 g/mol. The van der Waals surface area contributed by atoms with Crippen molar-refractivity contribution in [1.29, 1.82) is 0 Å². The second-order valence-electron chi connectivity index (χ2n) is 7.62. The monoisotopic (exact) mass is 381 g/mol. The van der Waals surface area contributed by atoms with Gasteiger partial charge in [-0.2, -0.15) is 0 Å². The Kier molecular flexibility index (Phi) is 6.26. The molecule has 2 amide bonds. The van der Waals surface area contributed by atoms with Crippen molar-refractivity contribution in [2.24, 2.45) is 5.41 Å².